The van der Waals surface area contributed by atoms with Gasteiger partial charge in [-0.25, -0.2) is 0 Å². The molecule has 1 amide bonds. The molecule has 0 aliphatic carbocycles. The summed E-state index contributed by atoms with van der Waals surface area (Å²) in [5.74, 6) is -0.293. The van der Waals surface area contributed by atoms with E-state index < -0.39 is 4.92 Å². The Morgan fingerprint density at radius 3 is 2.82 bits per heavy atom. The number of carbonyl (C=O) groups excluding carboxylic acids is 1. The fraction of sp³-hybridized carbons (Fsp3) is 0.300. The molecule has 1 aromatic rings. The van der Waals surface area contributed by atoms with Gasteiger partial charge in [0.05, 0.1) is 4.92 Å². The second-order valence-corrected chi connectivity index (χ2v) is 3.16. The number of nitro benzene ring substituents is 1. The molecule has 1 aromatic carbocycles. The van der Waals surface area contributed by atoms with Crippen molar-refractivity contribution in [1.82, 2.24) is 5.32 Å². The molecule has 0 bridgehead atoms. The largest absolute Gasteiger partial charge is 0.485 e. The third-order valence-electron chi connectivity index (χ3n) is 2.02. The van der Waals surface area contributed by atoms with Gasteiger partial charge in [0.15, 0.2) is 5.75 Å². The predicted octanol–water partition coefficient (Wildman–Crippen LogP) is 0.292. The minimum Gasteiger partial charge on any atom is -0.485 e. The summed E-state index contributed by atoms with van der Waals surface area (Å²) in [4.78, 5) is 21.5. The first kappa shape index (κ1) is 12.9. The summed E-state index contributed by atoms with van der Waals surface area (Å²) >= 11 is 0. The zero-order valence-corrected chi connectivity index (χ0v) is 9.30. The second kappa shape index (κ2) is 5.80. The van der Waals surface area contributed by atoms with Crippen LogP contribution in [0.1, 0.15) is 10.4 Å². The highest BCUT2D eigenvalue weighted by atomic mass is 16.6. The maximum atomic E-state index is 11.4. The molecule has 0 spiro atoms. The summed E-state index contributed by atoms with van der Waals surface area (Å²) in [5.41, 5.74) is 5.36. The Hall–Kier alpha value is -2.15. The molecule has 0 aromatic heterocycles. The quantitative estimate of drug-likeness (QED) is 0.567. The van der Waals surface area contributed by atoms with Crippen LogP contribution in [0.3, 0.4) is 0 Å². The van der Waals surface area contributed by atoms with Gasteiger partial charge in [-0.2, -0.15) is 0 Å². The zero-order chi connectivity index (χ0) is 12.8. The molecule has 0 saturated carbocycles. The van der Waals surface area contributed by atoms with Crippen molar-refractivity contribution < 1.29 is 14.5 Å². The standard InChI is InChI=1S/C10H13N3O4/c1-12-10(14)7-2-3-8(13(15)16)9(6-7)17-5-4-11/h2-3,6H,4-5,11H2,1H3,(H,12,14). The monoisotopic (exact) mass is 239 g/mol. The summed E-state index contributed by atoms with van der Waals surface area (Å²) < 4.78 is 5.14. The van der Waals surface area contributed by atoms with Crippen molar-refractivity contribution in [3.63, 3.8) is 0 Å². The maximum Gasteiger partial charge on any atom is 0.310 e. The van der Waals surface area contributed by atoms with Gasteiger partial charge in [-0.1, -0.05) is 0 Å². The second-order valence-electron chi connectivity index (χ2n) is 3.16. The molecule has 0 saturated heterocycles. The summed E-state index contributed by atoms with van der Waals surface area (Å²) in [5, 5.41) is 13.2. The van der Waals surface area contributed by atoms with Crippen molar-refractivity contribution in [3.05, 3.63) is 33.9 Å². The Labute approximate surface area is 97.7 Å². The lowest BCUT2D eigenvalue weighted by Gasteiger charge is -2.07. The fourth-order valence-electron chi connectivity index (χ4n) is 1.24. The first-order valence-electron chi connectivity index (χ1n) is 4.93. The topological polar surface area (TPSA) is 107 Å². The number of nitro groups is 1. The van der Waals surface area contributed by atoms with E-state index in [0.29, 0.717) is 5.56 Å². The molecule has 0 radical (unpaired) electrons. The van der Waals surface area contributed by atoms with Crippen LogP contribution in [0, 0.1) is 10.1 Å². The molecule has 3 N–H and O–H groups in total. The molecule has 17 heavy (non-hydrogen) atoms. The molecule has 1 rings (SSSR count). The lowest BCUT2D eigenvalue weighted by molar-refractivity contribution is -0.385. The molecule has 0 heterocycles. The molecule has 0 aliphatic heterocycles. The van der Waals surface area contributed by atoms with Gasteiger partial charge in [0.25, 0.3) is 5.91 Å². The first-order valence-corrected chi connectivity index (χ1v) is 4.93. The van der Waals surface area contributed by atoms with E-state index in [4.69, 9.17) is 10.5 Å². The number of rotatable bonds is 5. The van der Waals surface area contributed by atoms with Gasteiger partial charge in [0.1, 0.15) is 6.61 Å². The highest BCUT2D eigenvalue weighted by Crippen LogP contribution is 2.27. The Morgan fingerprint density at radius 2 is 2.29 bits per heavy atom. The predicted molar refractivity (Wildman–Crippen MR) is 61.0 cm³/mol. The van der Waals surface area contributed by atoms with Crippen LogP contribution in [0.2, 0.25) is 0 Å². The van der Waals surface area contributed by atoms with Crippen LogP contribution in [-0.2, 0) is 0 Å². The van der Waals surface area contributed by atoms with Gasteiger partial charge < -0.3 is 15.8 Å². The SMILES string of the molecule is CNC(=O)c1ccc([N+](=O)[O-])c(OCCN)c1. The number of amides is 1. The smallest absolute Gasteiger partial charge is 0.310 e. The molecule has 0 atom stereocenters. The van der Waals surface area contributed by atoms with Gasteiger partial charge in [0.2, 0.25) is 0 Å². The number of nitrogens with one attached hydrogen (secondary N) is 1. The van der Waals surface area contributed by atoms with Gasteiger partial charge in [0, 0.05) is 31.3 Å². The fourth-order valence-corrected chi connectivity index (χ4v) is 1.24. The van der Waals surface area contributed by atoms with E-state index in [1.165, 1.54) is 25.2 Å². The highest BCUT2D eigenvalue weighted by Gasteiger charge is 2.17. The Bertz CT molecular complexity index is 434. The van der Waals surface area contributed by atoms with Crippen molar-refractivity contribution in [3.8, 4) is 5.75 Å². The number of nitrogens with zero attached hydrogens (tertiary/aromatic N) is 1. The zero-order valence-electron chi connectivity index (χ0n) is 9.30. The van der Waals surface area contributed by atoms with E-state index >= 15 is 0 Å². The number of carbonyl (C=O) groups is 1. The molecular weight excluding hydrogens is 226 g/mol. The lowest BCUT2D eigenvalue weighted by Crippen LogP contribution is -2.18. The van der Waals surface area contributed by atoms with Gasteiger partial charge in [-0.05, 0) is 6.07 Å². The molecule has 0 aliphatic rings. The maximum absolute atomic E-state index is 11.4. The summed E-state index contributed by atoms with van der Waals surface area (Å²) in [6.45, 7) is 0.388. The minimum absolute atomic E-state index is 0.0431. The lowest BCUT2D eigenvalue weighted by atomic mass is 10.2. The molecule has 0 unspecified atom stereocenters. The van der Waals surface area contributed by atoms with E-state index in [0.717, 1.165) is 0 Å². The van der Waals surface area contributed by atoms with Gasteiger partial charge >= 0.3 is 5.69 Å². The third-order valence-corrected chi connectivity index (χ3v) is 2.02. The Kier molecular flexibility index (Phi) is 4.41. The summed E-state index contributed by atoms with van der Waals surface area (Å²) in [6.07, 6.45) is 0. The average molecular weight is 239 g/mol. The average Bonchev–Trinajstić information content (AvgIpc) is 2.34. The molecule has 7 heteroatoms. The molecular formula is C10H13N3O4. The first-order chi connectivity index (χ1) is 8.10. The summed E-state index contributed by atoms with van der Waals surface area (Å²) in [6, 6.07) is 3.93. The molecule has 7 nitrogen and oxygen atoms in total. The summed E-state index contributed by atoms with van der Waals surface area (Å²) in [7, 11) is 1.48. The van der Waals surface area contributed by atoms with Crippen LogP contribution in [0.5, 0.6) is 5.75 Å². The van der Waals surface area contributed by atoms with Crippen LogP contribution in [0.25, 0.3) is 0 Å². The number of benzene rings is 1. The minimum atomic E-state index is -0.570. The number of nitrogens with two attached hydrogens (primary N) is 1. The number of hydrogen-bond donors (Lipinski definition) is 2. The number of hydrogen-bond acceptors (Lipinski definition) is 5. The van der Waals surface area contributed by atoms with Crippen molar-refractivity contribution in [2.45, 2.75) is 0 Å². The van der Waals surface area contributed by atoms with Crippen LogP contribution in [0.4, 0.5) is 5.69 Å². The number of ether oxygens (including phenoxy) is 1. The van der Waals surface area contributed by atoms with Crippen LogP contribution in [0.15, 0.2) is 18.2 Å². The van der Waals surface area contributed by atoms with Crippen molar-refractivity contribution in [2.24, 2.45) is 5.73 Å². The van der Waals surface area contributed by atoms with Crippen LogP contribution < -0.4 is 15.8 Å². The van der Waals surface area contributed by atoms with Gasteiger partial charge in [-0.3, -0.25) is 14.9 Å². The van der Waals surface area contributed by atoms with E-state index in [1.807, 2.05) is 0 Å². The van der Waals surface area contributed by atoms with Crippen molar-refractivity contribution in [2.75, 3.05) is 20.2 Å². The molecule has 92 valence electrons. The molecule has 0 fully saturated rings. The van der Waals surface area contributed by atoms with Crippen LogP contribution in [-0.4, -0.2) is 31.0 Å². The van der Waals surface area contributed by atoms with E-state index in [-0.39, 0.29) is 30.5 Å². The Morgan fingerprint density at radius 1 is 1.59 bits per heavy atom. The van der Waals surface area contributed by atoms with Crippen molar-refractivity contribution in [1.29, 1.82) is 0 Å². The highest BCUT2D eigenvalue weighted by molar-refractivity contribution is 5.94. The van der Waals surface area contributed by atoms with Crippen LogP contribution >= 0.6 is 0 Å². The normalized spacial score (nSPS) is 9.76. The third kappa shape index (κ3) is 3.15. The van der Waals surface area contributed by atoms with Crippen molar-refractivity contribution >= 4 is 11.6 Å². The van der Waals surface area contributed by atoms with E-state index in [2.05, 4.69) is 5.32 Å². The Balaban J connectivity index is 3.09. The van der Waals surface area contributed by atoms with Gasteiger partial charge in [-0.15, -0.1) is 0 Å². The van der Waals surface area contributed by atoms with E-state index in [1.54, 1.807) is 0 Å². The van der Waals surface area contributed by atoms with E-state index in [9.17, 15) is 14.9 Å².